The Morgan fingerprint density at radius 3 is 2.47 bits per heavy atom. The number of carboxylic acid groups (broad SMARTS) is 1. The van der Waals surface area contributed by atoms with Gasteiger partial charge in [-0.2, -0.15) is 0 Å². The van der Waals surface area contributed by atoms with E-state index < -0.39 is 11.5 Å². The molecule has 2 unspecified atom stereocenters. The summed E-state index contributed by atoms with van der Waals surface area (Å²) in [6, 6.07) is 0.0669. The first-order valence-corrected chi connectivity index (χ1v) is 6.18. The number of carboxylic acids is 1. The number of hydrogen-bond donors (Lipinski definition) is 3. The Kier molecular flexibility index (Phi) is 4.51. The van der Waals surface area contributed by atoms with Crippen molar-refractivity contribution in [3.05, 3.63) is 0 Å². The third-order valence-corrected chi connectivity index (χ3v) is 3.28. The average molecular weight is 242 g/mol. The molecule has 2 atom stereocenters. The molecule has 1 saturated carbocycles. The van der Waals surface area contributed by atoms with Gasteiger partial charge in [0.2, 0.25) is 5.91 Å². The van der Waals surface area contributed by atoms with Crippen LogP contribution in [0.3, 0.4) is 0 Å². The van der Waals surface area contributed by atoms with E-state index in [0.717, 1.165) is 19.4 Å². The average Bonchev–Trinajstić information content (AvgIpc) is 2.99. The van der Waals surface area contributed by atoms with Crippen molar-refractivity contribution in [1.82, 2.24) is 10.6 Å². The summed E-state index contributed by atoms with van der Waals surface area (Å²) in [5, 5.41) is 15.0. The maximum absolute atomic E-state index is 11.8. The van der Waals surface area contributed by atoms with Crippen molar-refractivity contribution in [2.45, 2.75) is 51.6 Å². The summed E-state index contributed by atoms with van der Waals surface area (Å²) in [4.78, 5) is 23.0. The van der Waals surface area contributed by atoms with E-state index in [-0.39, 0.29) is 17.9 Å². The Bertz CT molecular complexity index is 302. The van der Waals surface area contributed by atoms with Crippen molar-refractivity contribution in [3.63, 3.8) is 0 Å². The zero-order valence-electron chi connectivity index (χ0n) is 10.7. The van der Waals surface area contributed by atoms with Gasteiger partial charge < -0.3 is 15.7 Å². The molecule has 1 fully saturated rings. The number of amides is 1. The molecular weight excluding hydrogens is 220 g/mol. The molecule has 3 N–H and O–H groups in total. The van der Waals surface area contributed by atoms with E-state index in [1.165, 1.54) is 0 Å². The van der Waals surface area contributed by atoms with Gasteiger partial charge in [-0.1, -0.05) is 6.92 Å². The Labute approximate surface area is 102 Å². The summed E-state index contributed by atoms with van der Waals surface area (Å²) in [6.45, 7) is 6.29. The van der Waals surface area contributed by atoms with Gasteiger partial charge in [0.15, 0.2) is 0 Å². The van der Waals surface area contributed by atoms with E-state index in [1.807, 2.05) is 13.8 Å². The van der Waals surface area contributed by atoms with Crippen LogP contribution in [0.5, 0.6) is 0 Å². The summed E-state index contributed by atoms with van der Waals surface area (Å²) in [5.74, 6) is -1.06. The second-order valence-corrected chi connectivity index (χ2v) is 4.99. The summed E-state index contributed by atoms with van der Waals surface area (Å²) < 4.78 is 0. The molecule has 0 spiro atoms. The first kappa shape index (κ1) is 14.0. The minimum atomic E-state index is -1.09. The van der Waals surface area contributed by atoms with Crippen LogP contribution in [0.4, 0.5) is 0 Å². The molecule has 0 heterocycles. The van der Waals surface area contributed by atoms with Gasteiger partial charge in [0.1, 0.15) is 5.54 Å². The molecule has 1 aliphatic rings. The Hall–Kier alpha value is -1.10. The quantitative estimate of drug-likeness (QED) is 0.615. The molecule has 1 amide bonds. The highest BCUT2D eigenvalue weighted by atomic mass is 16.4. The van der Waals surface area contributed by atoms with Crippen LogP contribution in [0.2, 0.25) is 0 Å². The molecule has 5 nitrogen and oxygen atoms in total. The van der Waals surface area contributed by atoms with Crippen LogP contribution in [0, 0.1) is 5.92 Å². The molecular formula is C12H22N2O3. The minimum absolute atomic E-state index is 0.0669. The molecule has 0 aliphatic heterocycles. The van der Waals surface area contributed by atoms with Crippen molar-refractivity contribution in [2.24, 2.45) is 5.92 Å². The van der Waals surface area contributed by atoms with Crippen LogP contribution < -0.4 is 10.6 Å². The zero-order chi connectivity index (χ0) is 13.1. The molecule has 0 radical (unpaired) electrons. The number of nitrogens with one attached hydrogen (secondary N) is 2. The first-order chi connectivity index (χ1) is 7.90. The monoisotopic (exact) mass is 242 g/mol. The van der Waals surface area contributed by atoms with Gasteiger partial charge in [-0.05, 0) is 39.2 Å². The molecule has 5 heteroatoms. The van der Waals surface area contributed by atoms with E-state index in [4.69, 9.17) is 0 Å². The minimum Gasteiger partial charge on any atom is -0.480 e. The van der Waals surface area contributed by atoms with E-state index >= 15 is 0 Å². The van der Waals surface area contributed by atoms with E-state index in [1.54, 1.807) is 6.92 Å². The lowest BCUT2D eigenvalue weighted by atomic mass is 9.95. The van der Waals surface area contributed by atoms with Crippen molar-refractivity contribution in [3.8, 4) is 0 Å². The summed E-state index contributed by atoms with van der Waals surface area (Å²) in [6.07, 6.45) is 2.07. The molecule has 0 bridgehead atoms. The van der Waals surface area contributed by atoms with Crippen LogP contribution in [0.1, 0.15) is 40.0 Å². The van der Waals surface area contributed by atoms with Gasteiger partial charge in [-0.25, -0.2) is 4.79 Å². The number of carbonyl (C=O) groups is 2. The highest BCUT2D eigenvalue weighted by Gasteiger charge is 2.48. The normalized spacial score (nSPS) is 20.4. The van der Waals surface area contributed by atoms with Crippen LogP contribution in [0.15, 0.2) is 0 Å². The predicted octanol–water partition coefficient (Wildman–Crippen LogP) is 0.744. The van der Waals surface area contributed by atoms with Crippen LogP contribution in [-0.4, -0.2) is 35.1 Å². The van der Waals surface area contributed by atoms with Crippen molar-refractivity contribution >= 4 is 11.9 Å². The molecule has 17 heavy (non-hydrogen) atoms. The lowest BCUT2D eigenvalue weighted by Crippen LogP contribution is -2.54. The van der Waals surface area contributed by atoms with E-state index in [0.29, 0.717) is 6.42 Å². The van der Waals surface area contributed by atoms with Gasteiger partial charge in [0.05, 0.1) is 0 Å². The molecule has 0 aromatic heterocycles. The van der Waals surface area contributed by atoms with Crippen molar-refractivity contribution in [1.29, 1.82) is 0 Å². The van der Waals surface area contributed by atoms with Gasteiger partial charge in [0.25, 0.3) is 0 Å². The van der Waals surface area contributed by atoms with Crippen molar-refractivity contribution < 1.29 is 14.7 Å². The molecule has 1 aliphatic carbocycles. The Balaban J connectivity index is 2.50. The molecule has 0 aromatic carbocycles. The highest BCUT2D eigenvalue weighted by molar-refractivity contribution is 5.87. The lowest BCUT2D eigenvalue weighted by Gasteiger charge is -2.26. The molecule has 0 aromatic rings. The lowest BCUT2D eigenvalue weighted by molar-refractivity contribution is -0.148. The molecule has 98 valence electrons. The summed E-state index contributed by atoms with van der Waals surface area (Å²) >= 11 is 0. The highest BCUT2D eigenvalue weighted by Crippen LogP contribution is 2.39. The number of carbonyl (C=O) groups excluding carboxylic acids is 1. The largest absolute Gasteiger partial charge is 0.480 e. The Morgan fingerprint density at radius 2 is 2.06 bits per heavy atom. The maximum atomic E-state index is 11.8. The standard InChI is InChI=1S/C12H22N2O3/c1-4-13-8(2)7-10(15)14-12(3,11(16)17)9-5-6-9/h8-9,13H,4-7H2,1-3H3,(H,14,15)(H,16,17). The number of rotatable bonds is 7. The molecule has 0 saturated heterocycles. The van der Waals surface area contributed by atoms with Gasteiger partial charge in [0, 0.05) is 12.5 Å². The summed E-state index contributed by atoms with van der Waals surface area (Å²) in [5.41, 5.74) is -1.09. The van der Waals surface area contributed by atoms with Crippen molar-refractivity contribution in [2.75, 3.05) is 6.54 Å². The first-order valence-electron chi connectivity index (χ1n) is 6.18. The van der Waals surface area contributed by atoms with Gasteiger partial charge in [-0.3, -0.25) is 4.79 Å². The van der Waals surface area contributed by atoms with E-state index in [2.05, 4.69) is 10.6 Å². The second kappa shape index (κ2) is 5.49. The SMILES string of the molecule is CCNC(C)CC(=O)NC(C)(C(=O)O)C1CC1. The van der Waals surface area contributed by atoms with Gasteiger partial charge >= 0.3 is 5.97 Å². The predicted molar refractivity (Wildman–Crippen MR) is 64.7 cm³/mol. The maximum Gasteiger partial charge on any atom is 0.329 e. The van der Waals surface area contributed by atoms with Crippen LogP contribution in [-0.2, 0) is 9.59 Å². The fourth-order valence-electron chi connectivity index (χ4n) is 2.03. The fraction of sp³-hybridized carbons (Fsp3) is 0.833. The van der Waals surface area contributed by atoms with Gasteiger partial charge in [-0.15, -0.1) is 0 Å². The third-order valence-electron chi connectivity index (χ3n) is 3.28. The topological polar surface area (TPSA) is 78.4 Å². The summed E-state index contributed by atoms with van der Waals surface area (Å²) in [7, 11) is 0. The smallest absolute Gasteiger partial charge is 0.329 e. The number of aliphatic carboxylic acids is 1. The zero-order valence-corrected chi connectivity index (χ0v) is 10.7. The second-order valence-electron chi connectivity index (χ2n) is 4.99. The van der Waals surface area contributed by atoms with E-state index in [9.17, 15) is 14.7 Å². The van der Waals surface area contributed by atoms with Crippen LogP contribution >= 0.6 is 0 Å². The van der Waals surface area contributed by atoms with Crippen LogP contribution in [0.25, 0.3) is 0 Å². The third kappa shape index (κ3) is 3.70. The molecule has 1 rings (SSSR count). The number of hydrogen-bond acceptors (Lipinski definition) is 3. The fourth-order valence-corrected chi connectivity index (χ4v) is 2.03. The Morgan fingerprint density at radius 1 is 1.47 bits per heavy atom.